The summed E-state index contributed by atoms with van der Waals surface area (Å²) < 4.78 is 0. The third-order valence-corrected chi connectivity index (χ3v) is 5.52. The first-order valence-corrected chi connectivity index (χ1v) is 10.7. The molecule has 1 fully saturated rings. The number of carbonyl (C=O) groups excluding carboxylic acids is 2. The molecule has 0 aliphatic carbocycles. The Kier molecular flexibility index (Phi) is 8.25. The number of benzene rings is 2. The van der Waals surface area contributed by atoms with Gasteiger partial charge in [-0.2, -0.15) is 0 Å². The van der Waals surface area contributed by atoms with E-state index in [-0.39, 0.29) is 11.8 Å². The predicted molar refractivity (Wildman–Crippen MR) is 121 cm³/mol. The van der Waals surface area contributed by atoms with Crippen molar-refractivity contribution in [2.75, 3.05) is 44.6 Å². The largest absolute Gasteiger partial charge is 0.338 e. The van der Waals surface area contributed by atoms with E-state index in [9.17, 15) is 9.59 Å². The van der Waals surface area contributed by atoms with E-state index in [4.69, 9.17) is 11.6 Å². The number of hydrogen-bond donors (Lipinski definition) is 2. The van der Waals surface area contributed by atoms with E-state index in [0.717, 1.165) is 50.7 Å². The Hall–Kier alpha value is -2.41. The van der Waals surface area contributed by atoms with Gasteiger partial charge in [0.05, 0.1) is 0 Å². The number of piperazine rings is 1. The van der Waals surface area contributed by atoms with Crippen LogP contribution in [0, 0.1) is 0 Å². The molecule has 0 aromatic heterocycles. The first kappa shape index (κ1) is 22.3. The van der Waals surface area contributed by atoms with Crippen molar-refractivity contribution in [2.45, 2.75) is 19.9 Å². The number of anilines is 1. The van der Waals surface area contributed by atoms with Crippen molar-refractivity contribution in [3.05, 3.63) is 64.7 Å². The van der Waals surface area contributed by atoms with Crippen LogP contribution in [0.3, 0.4) is 0 Å². The fourth-order valence-electron chi connectivity index (χ4n) is 3.49. The Morgan fingerprint density at radius 2 is 1.57 bits per heavy atom. The fourth-order valence-corrected chi connectivity index (χ4v) is 3.61. The summed E-state index contributed by atoms with van der Waals surface area (Å²) in [6, 6.07) is 14.7. The number of amides is 2. The van der Waals surface area contributed by atoms with Crippen molar-refractivity contribution < 1.29 is 9.59 Å². The van der Waals surface area contributed by atoms with Gasteiger partial charge >= 0.3 is 6.03 Å². The van der Waals surface area contributed by atoms with Crippen LogP contribution in [0.15, 0.2) is 48.5 Å². The highest BCUT2D eigenvalue weighted by atomic mass is 35.5. The van der Waals surface area contributed by atoms with Gasteiger partial charge < -0.3 is 15.5 Å². The number of nitrogens with one attached hydrogen (secondary N) is 2. The van der Waals surface area contributed by atoms with E-state index in [1.807, 2.05) is 12.1 Å². The number of ketones is 1. The minimum absolute atomic E-state index is 0.0109. The molecule has 3 rings (SSSR count). The van der Waals surface area contributed by atoms with Gasteiger partial charge in [0, 0.05) is 55.5 Å². The summed E-state index contributed by atoms with van der Waals surface area (Å²) in [5, 5.41) is 6.45. The van der Waals surface area contributed by atoms with Crippen molar-refractivity contribution in [3.8, 4) is 0 Å². The first-order valence-electron chi connectivity index (χ1n) is 10.3. The molecular weight excluding hydrogens is 400 g/mol. The molecule has 2 N–H and O–H groups in total. The van der Waals surface area contributed by atoms with E-state index < -0.39 is 0 Å². The monoisotopic (exact) mass is 428 g/mol. The average Bonchev–Trinajstić information content (AvgIpc) is 2.74. The molecule has 6 nitrogen and oxygen atoms in total. The Balaban J connectivity index is 1.28. The van der Waals surface area contributed by atoms with Gasteiger partial charge in [-0.05, 0) is 61.9 Å². The summed E-state index contributed by atoms with van der Waals surface area (Å²) in [6.07, 6.45) is 0.911. The highest BCUT2D eigenvalue weighted by Gasteiger charge is 2.16. The summed E-state index contributed by atoms with van der Waals surface area (Å²) >= 11 is 5.95. The number of carbonyl (C=O) groups is 2. The third-order valence-electron chi connectivity index (χ3n) is 5.27. The van der Waals surface area contributed by atoms with Crippen molar-refractivity contribution in [2.24, 2.45) is 0 Å². The average molecular weight is 429 g/mol. The number of rotatable bonds is 8. The Bertz CT molecular complexity index is 831. The second kappa shape index (κ2) is 11.1. The molecule has 2 amide bonds. The van der Waals surface area contributed by atoms with Gasteiger partial charge in [-0.15, -0.1) is 0 Å². The lowest BCUT2D eigenvalue weighted by Gasteiger charge is -2.34. The molecule has 0 spiro atoms. The SMILES string of the molecule is CC(=O)c1ccc(NC(=O)NCCCN2CCN(Cc3ccc(Cl)cc3)CC2)cc1. The van der Waals surface area contributed by atoms with Crippen LogP contribution in [0.2, 0.25) is 5.02 Å². The number of hydrogen-bond acceptors (Lipinski definition) is 4. The highest BCUT2D eigenvalue weighted by Crippen LogP contribution is 2.13. The summed E-state index contributed by atoms with van der Waals surface area (Å²) in [7, 11) is 0. The molecule has 160 valence electrons. The van der Waals surface area contributed by atoms with Gasteiger partial charge in [-0.1, -0.05) is 23.7 Å². The molecule has 1 saturated heterocycles. The highest BCUT2D eigenvalue weighted by molar-refractivity contribution is 6.30. The van der Waals surface area contributed by atoms with E-state index in [1.54, 1.807) is 24.3 Å². The maximum Gasteiger partial charge on any atom is 0.319 e. The topological polar surface area (TPSA) is 64.7 Å². The second-order valence-electron chi connectivity index (χ2n) is 7.61. The van der Waals surface area contributed by atoms with Gasteiger partial charge in [0.2, 0.25) is 0 Å². The van der Waals surface area contributed by atoms with Crippen molar-refractivity contribution >= 4 is 29.1 Å². The minimum Gasteiger partial charge on any atom is -0.338 e. The number of urea groups is 1. The number of Topliss-reactive ketones (excluding diaryl/α,β-unsaturated/α-hetero) is 1. The standard InChI is InChI=1S/C23H29ClN4O2/c1-18(29)20-5-9-22(10-6-20)26-23(30)25-11-2-12-27-13-15-28(16-14-27)17-19-3-7-21(24)8-4-19/h3-10H,2,11-17H2,1H3,(H2,25,26,30). The van der Waals surface area contributed by atoms with Crippen LogP contribution in [-0.4, -0.2) is 60.9 Å². The van der Waals surface area contributed by atoms with Gasteiger partial charge in [0.15, 0.2) is 5.78 Å². The van der Waals surface area contributed by atoms with Crippen LogP contribution in [0.4, 0.5) is 10.5 Å². The zero-order valence-corrected chi connectivity index (χ0v) is 18.1. The summed E-state index contributed by atoms with van der Waals surface area (Å²) in [6.45, 7) is 8.27. The van der Waals surface area contributed by atoms with Crippen molar-refractivity contribution in [3.63, 3.8) is 0 Å². The molecule has 2 aromatic carbocycles. The van der Waals surface area contributed by atoms with Crippen molar-refractivity contribution in [1.82, 2.24) is 15.1 Å². The minimum atomic E-state index is -0.224. The predicted octanol–water partition coefficient (Wildman–Crippen LogP) is 3.87. The van der Waals surface area contributed by atoms with Crippen molar-refractivity contribution in [1.29, 1.82) is 0 Å². The zero-order valence-electron chi connectivity index (χ0n) is 17.4. The molecule has 0 unspecified atom stereocenters. The molecule has 0 radical (unpaired) electrons. The Labute approximate surface area is 183 Å². The number of halogens is 1. The van der Waals surface area contributed by atoms with Crippen LogP contribution >= 0.6 is 11.6 Å². The molecule has 1 heterocycles. The van der Waals surface area contributed by atoms with Crippen LogP contribution in [-0.2, 0) is 6.54 Å². The van der Waals surface area contributed by atoms with Gasteiger partial charge in [-0.3, -0.25) is 9.69 Å². The molecule has 30 heavy (non-hydrogen) atoms. The zero-order chi connectivity index (χ0) is 21.3. The van der Waals surface area contributed by atoms with Crippen LogP contribution in [0.5, 0.6) is 0 Å². The van der Waals surface area contributed by atoms with E-state index >= 15 is 0 Å². The summed E-state index contributed by atoms with van der Waals surface area (Å²) in [5.41, 5.74) is 2.60. The van der Waals surface area contributed by atoms with E-state index in [2.05, 4.69) is 32.6 Å². The molecule has 0 bridgehead atoms. The first-order chi connectivity index (χ1) is 14.5. The van der Waals surface area contributed by atoms with Crippen LogP contribution < -0.4 is 10.6 Å². The van der Waals surface area contributed by atoms with Crippen LogP contribution in [0.1, 0.15) is 29.3 Å². The van der Waals surface area contributed by atoms with E-state index in [0.29, 0.717) is 17.8 Å². The van der Waals surface area contributed by atoms with Gasteiger partial charge in [-0.25, -0.2) is 4.79 Å². The third kappa shape index (κ3) is 7.13. The lowest BCUT2D eigenvalue weighted by Crippen LogP contribution is -2.46. The lowest BCUT2D eigenvalue weighted by atomic mass is 10.1. The van der Waals surface area contributed by atoms with Gasteiger partial charge in [0.1, 0.15) is 0 Å². The quantitative estimate of drug-likeness (QED) is 0.494. The Morgan fingerprint density at radius 3 is 2.20 bits per heavy atom. The summed E-state index contributed by atoms with van der Waals surface area (Å²) in [5.74, 6) is 0.0109. The summed E-state index contributed by atoms with van der Waals surface area (Å²) in [4.78, 5) is 28.2. The van der Waals surface area contributed by atoms with Gasteiger partial charge in [0.25, 0.3) is 0 Å². The normalized spacial score (nSPS) is 15.0. The maximum absolute atomic E-state index is 12.0. The van der Waals surface area contributed by atoms with E-state index in [1.165, 1.54) is 12.5 Å². The smallest absolute Gasteiger partial charge is 0.319 e. The molecule has 1 aliphatic rings. The fraction of sp³-hybridized carbons (Fsp3) is 0.391. The van der Waals surface area contributed by atoms with Crippen LogP contribution in [0.25, 0.3) is 0 Å². The molecule has 1 aliphatic heterocycles. The maximum atomic E-state index is 12.0. The number of nitrogens with zero attached hydrogens (tertiary/aromatic N) is 2. The molecule has 7 heteroatoms. The molecular formula is C23H29ClN4O2. The molecule has 0 atom stereocenters. The Morgan fingerprint density at radius 1 is 0.933 bits per heavy atom. The molecule has 2 aromatic rings. The second-order valence-corrected chi connectivity index (χ2v) is 8.05. The lowest BCUT2D eigenvalue weighted by molar-refractivity contribution is 0.101. The molecule has 0 saturated carbocycles.